The van der Waals surface area contributed by atoms with Gasteiger partial charge in [-0.15, -0.1) is 0 Å². The molecule has 4 heteroatoms. The molecule has 0 unspecified atom stereocenters. The average molecular weight is 415 g/mol. The van der Waals surface area contributed by atoms with Gasteiger partial charge in [0.15, 0.2) is 0 Å². The summed E-state index contributed by atoms with van der Waals surface area (Å²) in [5, 5.41) is 0.998. The molecule has 0 amide bonds. The highest BCUT2D eigenvalue weighted by Gasteiger charge is 2.15. The number of rotatable bonds is 5. The second kappa shape index (κ2) is 7.95. The van der Waals surface area contributed by atoms with Crippen LogP contribution in [-0.4, -0.2) is 15.0 Å². The standard InChI is InChI=1S/C27H25N3O/c1-17(2)11-20-14-23(29-15-18(20)3)21-13-22-26-24(12-19-7-5-4-6-8-19)28-10-9-25(26)31-27(22)30-16-21/h4-10,13-17H,11-12H2,1-3H3/i3D3,11D2,12D2. The first-order valence-electron chi connectivity index (χ1n) is 13.6. The fraction of sp³-hybridized carbons (Fsp3) is 0.222. The van der Waals surface area contributed by atoms with Crippen molar-refractivity contribution >= 4 is 22.1 Å². The van der Waals surface area contributed by atoms with Crippen molar-refractivity contribution in [3.8, 4) is 11.3 Å². The van der Waals surface area contributed by atoms with Crippen LogP contribution < -0.4 is 0 Å². The van der Waals surface area contributed by atoms with Crippen LogP contribution in [-0.2, 0) is 12.7 Å². The van der Waals surface area contributed by atoms with Gasteiger partial charge < -0.3 is 4.42 Å². The zero-order chi connectivity index (χ0) is 27.5. The van der Waals surface area contributed by atoms with Gasteiger partial charge in [0.1, 0.15) is 5.58 Å². The highest BCUT2D eigenvalue weighted by molar-refractivity contribution is 6.06. The summed E-state index contributed by atoms with van der Waals surface area (Å²) in [6, 6.07) is 13.6. The lowest BCUT2D eigenvalue weighted by molar-refractivity contribution is 0.644. The Bertz CT molecular complexity index is 1640. The van der Waals surface area contributed by atoms with Crippen LogP contribution in [0.4, 0.5) is 0 Å². The molecule has 0 fully saturated rings. The highest BCUT2D eigenvalue weighted by atomic mass is 16.3. The molecule has 0 saturated heterocycles. The van der Waals surface area contributed by atoms with Gasteiger partial charge in [0.2, 0.25) is 5.71 Å². The van der Waals surface area contributed by atoms with Gasteiger partial charge in [0, 0.05) is 40.1 Å². The molecule has 31 heavy (non-hydrogen) atoms. The van der Waals surface area contributed by atoms with Crippen molar-refractivity contribution in [2.45, 2.75) is 33.4 Å². The first-order chi connectivity index (χ1) is 17.8. The normalized spacial score (nSPS) is 16.3. The second-order valence-electron chi connectivity index (χ2n) is 7.62. The van der Waals surface area contributed by atoms with E-state index in [0.29, 0.717) is 38.9 Å². The van der Waals surface area contributed by atoms with Gasteiger partial charge in [0.05, 0.1) is 22.2 Å². The molecule has 0 atom stereocenters. The topological polar surface area (TPSA) is 51.8 Å². The van der Waals surface area contributed by atoms with Crippen LogP contribution in [0.3, 0.4) is 0 Å². The Labute approximate surface area is 191 Å². The minimum absolute atomic E-state index is 0.0532. The Morgan fingerprint density at radius 1 is 1.03 bits per heavy atom. The Morgan fingerprint density at radius 2 is 1.90 bits per heavy atom. The lowest BCUT2D eigenvalue weighted by Crippen LogP contribution is -1.99. The van der Waals surface area contributed by atoms with Gasteiger partial charge in [-0.3, -0.25) is 9.97 Å². The number of aryl methyl sites for hydroxylation is 1. The van der Waals surface area contributed by atoms with E-state index in [1.807, 2.05) is 6.07 Å². The maximum Gasteiger partial charge on any atom is 0.227 e. The number of benzene rings is 1. The summed E-state index contributed by atoms with van der Waals surface area (Å²) in [5.74, 6) is -0.480. The minimum atomic E-state index is -2.53. The lowest BCUT2D eigenvalue weighted by Gasteiger charge is -2.10. The zero-order valence-corrected chi connectivity index (χ0v) is 17.2. The number of nitrogens with zero attached hydrogens (tertiary/aromatic N) is 3. The quantitative estimate of drug-likeness (QED) is 0.328. The first-order valence-corrected chi connectivity index (χ1v) is 10.1. The fourth-order valence-electron chi connectivity index (χ4n) is 3.54. The van der Waals surface area contributed by atoms with Gasteiger partial charge in [-0.1, -0.05) is 44.2 Å². The molecule has 154 valence electrons. The van der Waals surface area contributed by atoms with Crippen LogP contribution >= 0.6 is 0 Å². The van der Waals surface area contributed by atoms with E-state index in [-0.39, 0.29) is 16.8 Å². The first kappa shape index (κ1) is 13.0. The van der Waals surface area contributed by atoms with Gasteiger partial charge >= 0.3 is 0 Å². The monoisotopic (exact) mass is 414 g/mol. The van der Waals surface area contributed by atoms with Crippen LogP contribution in [0.15, 0.2) is 71.5 Å². The van der Waals surface area contributed by atoms with Crippen LogP contribution in [0.5, 0.6) is 0 Å². The van der Waals surface area contributed by atoms with E-state index in [1.54, 1.807) is 50.2 Å². The molecule has 0 aliphatic rings. The largest absolute Gasteiger partial charge is 0.438 e. The molecule has 0 N–H and O–H groups in total. The molecular weight excluding hydrogens is 382 g/mol. The molecule has 0 radical (unpaired) electrons. The summed E-state index contributed by atoms with van der Waals surface area (Å²) in [7, 11) is 0. The number of fused-ring (bicyclic) bond motifs is 3. The SMILES string of the molecule is [2H]C([2H])([2H])c1cnc(-c2cnc3oc4ccnc(C([2H])([2H])c5ccccc5)c4c3c2)cc1C([2H])([2H])C(C)C. The summed E-state index contributed by atoms with van der Waals surface area (Å²) in [4.78, 5) is 13.2. The average Bonchev–Trinajstić information content (AvgIpc) is 3.26. The minimum Gasteiger partial charge on any atom is -0.438 e. The van der Waals surface area contributed by atoms with Crippen LogP contribution in [0.2, 0.25) is 0 Å². The third-order valence-corrected chi connectivity index (χ3v) is 4.92. The van der Waals surface area contributed by atoms with Gasteiger partial charge in [-0.2, -0.15) is 0 Å². The summed E-state index contributed by atoms with van der Waals surface area (Å²) in [5.41, 5.74) is 2.12. The summed E-state index contributed by atoms with van der Waals surface area (Å²) in [6.07, 6.45) is 0.390. The van der Waals surface area contributed by atoms with Crippen molar-refractivity contribution in [3.63, 3.8) is 0 Å². The van der Waals surface area contributed by atoms with Crippen molar-refractivity contribution < 1.29 is 14.0 Å². The van der Waals surface area contributed by atoms with Crippen LogP contribution in [0.25, 0.3) is 33.3 Å². The number of furan rings is 1. The molecule has 0 saturated carbocycles. The van der Waals surface area contributed by atoms with Crippen LogP contribution in [0, 0.1) is 12.8 Å². The van der Waals surface area contributed by atoms with Gasteiger partial charge in [-0.05, 0) is 54.0 Å². The van der Waals surface area contributed by atoms with E-state index in [4.69, 9.17) is 14.0 Å². The van der Waals surface area contributed by atoms with E-state index in [9.17, 15) is 0 Å². The summed E-state index contributed by atoms with van der Waals surface area (Å²) >= 11 is 0. The van der Waals surface area contributed by atoms with Crippen LogP contribution in [0.1, 0.15) is 45.8 Å². The highest BCUT2D eigenvalue weighted by Crippen LogP contribution is 2.33. The van der Waals surface area contributed by atoms with E-state index >= 15 is 0 Å². The zero-order valence-electron chi connectivity index (χ0n) is 24.2. The molecule has 5 aromatic rings. The molecule has 4 nitrogen and oxygen atoms in total. The Hall–Kier alpha value is -3.53. The van der Waals surface area contributed by atoms with Crippen molar-refractivity contribution in [2.75, 3.05) is 0 Å². The Morgan fingerprint density at radius 3 is 2.71 bits per heavy atom. The van der Waals surface area contributed by atoms with E-state index < -0.39 is 25.5 Å². The molecule has 0 aliphatic carbocycles. The predicted molar refractivity (Wildman–Crippen MR) is 125 cm³/mol. The molecule has 5 rings (SSSR count). The molecular formula is C27H25N3O. The molecule has 1 aromatic carbocycles. The number of hydrogen-bond donors (Lipinski definition) is 0. The predicted octanol–water partition coefficient (Wildman–Crippen LogP) is 6.54. The van der Waals surface area contributed by atoms with E-state index in [2.05, 4.69) is 15.0 Å². The van der Waals surface area contributed by atoms with E-state index in [1.165, 1.54) is 24.7 Å². The number of hydrogen-bond acceptors (Lipinski definition) is 4. The second-order valence-corrected chi connectivity index (χ2v) is 7.62. The molecule has 4 heterocycles. The molecule has 0 aliphatic heterocycles. The molecule has 4 aromatic heterocycles. The lowest BCUT2D eigenvalue weighted by atomic mass is 9.98. The molecule has 0 bridgehead atoms. The van der Waals surface area contributed by atoms with Crippen molar-refractivity contribution in [2.24, 2.45) is 5.92 Å². The van der Waals surface area contributed by atoms with Gasteiger partial charge in [-0.25, -0.2) is 4.98 Å². The number of pyridine rings is 3. The third-order valence-electron chi connectivity index (χ3n) is 4.92. The van der Waals surface area contributed by atoms with Crippen molar-refractivity contribution in [3.05, 3.63) is 89.5 Å². The van der Waals surface area contributed by atoms with Crippen molar-refractivity contribution in [1.29, 1.82) is 0 Å². The Kier molecular flexibility index (Phi) is 3.34. The maximum absolute atomic E-state index is 8.88. The summed E-state index contributed by atoms with van der Waals surface area (Å²) in [6.45, 7) is 0.864. The Balaban J connectivity index is 1.73. The summed E-state index contributed by atoms with van der Waals surface area (Å²) < 4.78 is 64.6. The fourth-order valence-corrected chi connectivity index (χ4v) is 3.54. The molecule has 0 spiro atoms. The smallest absolute Gasteiger partial charge is 0.227 e. The number of aromatic nitrogens is 3. The van der Waals surface area contributed by atoms with E-state index in [0.717, 1.165) is 0 Å². The van der Waals surface area contributed by atoms with Crippen molar-refractivity contribution in [1.82, 2.24) is 15.0 Å². The van der Waals surface area contributed by atoms with Gasteiger partial charge in [0.25, 0.3) is 0 Å². The maximum atomic E-state index is 8.88. The third kappa shape index (κ3) is 3.81.